The highest BCUT2D eigenvalue weighted by Gasteiger charge is 2.28. The molecule has 1 aromatic heterocycles. The predicted molar refractivity (Wildman–Crippen MR) is 80.2 cm³/mol. The molecule has 3 rings (SSSR count). The Kier molecular flexibility index (Phi) is 3.57. The first-order valence-electron chi connectivity index (χ1n) is 7.47. The summed E-state index contributed by atoms with van der Waals surface area (Å²) in [5, 5.41) is 0. The highest BCUT2D eigenvalue weighted by atomic mass is 16.4. The Labute approximate surface area is 123 Å². The lowest BCUT2D eigenvalue weighted by Gasteiger charge is -2.32. The van der Waals surface area contributed by atoms with Crippen LogP contribution >= 0.6 is 0 Å². The number of rotatable bonds is 2. The number of piperidine rings is 1. The summed E-state index contributed by atoms with van der Waals surface area (Å²) in [5.74, 6) is 0.0463. The van der Waals surface area contributed by atoms with Gasteiger partial charge in [0.25, 0.3) is 0 Å². The molecule has 1 amide bonds. The van der Waals surface area contributed by atoms with E-state index in [1.807, 2.05) is 23.1 Å². The van der Waals surface area contributed by atoms with Crippen LogP contribution in [0.5, 0.6) is 0 Å². The number of nitrogens with zero attached hydrogens (tertiary/aromatic N) is 2. The van der Waals surface area contributed by atoms with Crippen molar-refractivity contribution in [1.29, 1.82) is 0 Å². The van der Waals surface area contributed by atoms with Crippen molar-refractivity contribution in [3.05, 3.63) is 34.8 Å². The zero-order chi connectivity index (χ0) is 15.0. The first-order chi connectivity index (χ1) is 10.1. The van der Waals surface area contributed by atoms with Crippen LogP contribution in [-0.4, -0.2) is 28.5 Å². The summed E-state index contributed by atoms with van der Waals surface area (Å²) in [6, 6.07) is 6.67. The molecular weight excluding hydrogens is 268 g/mol. The number of aromatic nitrogens is 1. The molecule has 0 aliphatic carbocycles. The number of para-hydroxylation sites is 2. The molecule has 0 radical (unpaired) electrons. The van der Waals surface area contributed by atoms with Crippen molar-refractivity contribution in [1.82, 2.24) is 9.47 Å². The summed E-state index contributed by atoms with van der Waals surface area (Å²) >= 11 is 0. The Morgan fingerprint density at radius 3 is 2.90 bits per heavy atom. The number of benzene rings is 1. The van der Waals surface area contributed by atoms with E-state index < -0.39 is 11.8 Å². The lowest BCUT2D eigenvalue weighted by molar-refractivity contribution is -0.136. The van der Waals surface area contributed by atoms with Crippen LogP contribution in [0, 0.1) is 5.92 Å². The van der Waals surface area contributed by atoms with E-state index >= 15 is 0 Å². The number of carbonyl (C=O) groups is 1. The van der Waals surface area contributed by atoms with Gasteiger partial charge in [0.1, 0.15) is 6.04 Å². The molecule has 1 aliphatic rings. The van der Waals surface area contributed by atoms with Crippen molar-refractivity contribution in [3.63, 3.8) is 0 Å². The topological polar surface area (TPSA) is 55.5 Å². The number of hydrogen-bond donors (Lipinski definition) is 0. The van der Waals surface area contributed by atoms with Crippen molar-refractivity contribution >= 4 is 17.0 Å². The third-order valence-corrected chi connectivity index (χ3v) is 4.23. The van der Waals surface area contributed by atoms with Crippen molar-refractivity contribution in [2.24, 2.45) is 5.92 Å². The molecule has 0 saturated carbocycles. The summed E-state index contributed by atoms with van der Waals surface area (Å²) in [5.41, 5.74) is 1.20. The van der Waals surface area contributed by atoms with Crippen LogP contribution in [0.4, 0.5) is 0 Å². The van der Waals surface area contributed by atoms with E-state index in [1.54, 1.807) is 13.0 Å². The molecule has 0 N–H and O–H groups in total. The first kappa shape index (κ1) is 13.9. The van der Waals surface area contributed by atoms with Gasteiger partial charge in [-0.3, -0.25) is 9.36 Å². The first-order valence-corrected chi connectivity index (χ1v) is 7.47. The average Bonchev–Trinajstić information content (AvgIpc) is 2.81. The molecule has 1 fully saturated rings. The summed E-state index contributed by atoms with van der Waals surface area (Å²) in [7, 11) is 0. The standard InChI is InChI=1S/C16H20N2O3/c1-11-6-5-9-17(10-11)15(19)12(2)18-13-7-3-4-8-14(13)21-16(18)20/h3-4,7-8,11-12H,5-6,9-10H2,1-2H3. The lowest BCUT2D eigenvalue weighted by Crippen LogP contribution is -2.43. The summed E-state index contributed by atoms with van der Waals surface area (Å²) in [6.07, 6.45) is 2.19. The number of oxazole rings is 1. The fourth-order valence-corrected chi connectivity index (χ4v) is 3.12. The lowest BCUT2D eigenvalue weighted by atomic mass is 10.00. The van der Waals surface area contributed by atoms with E-state index in [2.05, 4.69) is 6.92 Å². The average molecular weight is 288 g/mol. The second-order valence-electron chi connectivity index (χ2n) is 5.91. The Morgan fingerprint density at radius 2 is 2.14 bits per heavy atom. The van der Waals surface area contributed by atoms with Gasteiger partial charge in [-0.05, 0) is 37.8 Å². The SMILES string of the molecule is CC1CCCN(C(=O)C(C)n2c(=O)oc3ccccc32)C1. The predicted octanol–water partition coefficient (Wildman–Crippen LogP) is 2.41. The normalized spacial score (nSPS) is 20.7. The maximum Gasteiger partial charge on any atom is 0.420 e. The maximum atomic E-state index is 12.7. The van der Waals surface area contributed by atoms with Crippen LogP contribution in [0.2, 0.25) is 0 Å². The van der Waals surface area contributed by atoms with E-state index in [1.165, 1.54) is 4.57 Å². The number of fused-ring (bicyclic) bond motifs is 1. The van der Waals surface area contributed by atoms with Crippen LogP contribution in [0.25, 0.3) is 11.1 Å². The zero-order valence-electron chi connectivity index (χ0n) is 12.4. The van der Waals surface area contributed by atoms with Gasteiger partial charge in [-0.1, -0.05) is 19.1 Å². The molecule has 0 spiro atoms. The van der Waals surface area contributed by atoms with Gasteiger partial charge < -0.3 is 9.32 Å². The summed E-state index contributed by atoms with van der Waals surface area (Å²) in [6.45, 7) is 5.47. The number of likely N-dealkylation sites (tertiary alicyclic amines) is 1. The molecule has 112 valence electrons. The number of hydrogen-bond acceptors (Lipinski definition) is 3. The highest BCUT2D eigenvalue weighted by Crippen LogP contribution is 2.21. The molecule has 5 heteroatoms. The molecule has 2 atom stereocenters. The van der Waals surface area contributed by atoms with Crippen molar-refractivity contribution < 1.29 is 9.21 Å². The Bertz CT molecular complexity index is 716. The van der Waals surface area contributed by atoms with Gasteiger partial charge in [0.05, 0.1) is 5.52 Å². The molecule has 2 unspecified atom stereocenters. The minimum Gasteiger partial charge on any atom is -0.408 e. The molecule has 0 bridgehead atoms. The monoisotopic (exact) mass is 288 g/mol. The van der Waals surface area contributed by atoms with Crippen LogP contribution in [0.3, 0.4) is 0 Å². The molecule has 1 aromatic carbocycles. The smallest absolute Gasteiger partial charge is 0.408 e. The van der Waals surface area contributed by atoms with E-state index in [4.69, 9.17) is 4.42 Å². The van der Waals surface area contributed by atoms with E-state index in [0.717, 1.165) is 25.9 Å². The second kappa shape index (κ2) is 5.39. The van der Waals surface area contributed by atoms with E-state index in [0.29, 0.717) is 17.0 Å². The quantitative estimate of drug-likeness (QED) is 0.852. The summed E-state index contributed by atoms with van der Waals surface area (Å²) in [4.78, 5) is 26.6. The van der Waals surface area contributed by atoms with E-state index in [9.17, 15) is 9.59 Å². The van der Waals surface area contributed by atoms with Crippen molar-refractivity contribution in [2.75, 3.05) is 13.1 Å². The molecule has 2 heterocycles. The Hall–Kier alpha value is -2.04. The Balaban J connectivity index is 1.93. The van der Waals surface area contributed by atoms with Crippen LogP contribution < -0.4 is 5.76 Å². The molecule has 2 aromatic rings. The van der Waals surface area contributed by atoms with Crippen LogP contribution in [0.15, 0.2) is 33.5 Å². The largest absolute Gasteiger partial charge is 0.420 e. The van der Waals surface area contributed by atoms with Gasteiger partial charge in [0.15, 0.2) is 5.58 Å². The van der Waals surface area contributed by atoms with Gasteiger partial charge in [-0.15, -0.1) is 0 Å². The molecule has 5 nitrogen and oxygen atoms in total. The van der Waals surface area contributed by atoms with Gasteiger partial charge in [-0.2, -0.15) is 0 Å². The van der Waals surface area contributed by atoms with Crippen LogP contribution in [-0.2, 0) is 4.79 Å². The summed E-state index contributed by atoms with van der Waals surface area (Å²) < 4.78 is 6.67. The van der Waals surface area contributed by atoms with Gasteiger partial charge in [-0.25, -0.2) is 4.79 Å². The fraction of sp³-hybridized carbons (Fsp3) is 0.500. The number of amides is 1. The fourth-order valence-electron chi connectivity index (χ4n) is 3.12. The molecular formula is C16H20N2O3. The third kappa shape index (κ3) is 2.48. The minimum atomic E-state index is -0.536. The van der Waals surface area contributed by atoms with Gasteiger partial charge in [0.2, 0.25) is 5.91 Å². The molecule has 1 saturated heterocycles. The van der Waals surface area contributed by atoms with Gasteiger partial charge >= 0.3 is 5.76 Å². The number of carbonyl (C=O) groups excluding carboxylic acids is 1. The third-order valence-electron chi connectivity index (χ3n) is 4.23. The maximum absolute atomic E-state index is 12.7. The van der Waals surface area contributed by atoms with E-state index in [-0.39, 0.29) is 5.91 Å². The zero-order valence-corrected chi connectivity index (χ0v) is 12.4. The van der Waals surface area contributed by atoms with Crippen molar-refractivity contribution in [3.8, 4) is 0 Å². The highest BCUT2D eigenvalue weighted by molar-refractivity contribution is 5.83. The van der Waals surface area contributed by atoms with Gasteiger partial charge in [0, 0.05) is 13.1 Å². The molecule has 1 aliphatic heterocycles. The Morgan fingerprint density at radius 1 is 1.38 bits per heavy atom. The molecule has 21 heavy (non-hydrogen) atoms. The minimum absolute atomic E-state index is 0.00444. The van der Waals surface area contributed by atoms with Crippen LogP contribution in [0.1, 0.15) is 32.7 Å². The second-order valence-corrected chi connectivity index (χ2v) is 5.91. The van der Waals surface area contributed by atoms with Crippen molar-refractivity contribution in [2.45, 2.75) is 32.7 Å².